The lowest BCUT2D eigenvalue weighted by Crippen LogP contribution is -2.28. The third-order valence-electron chi connectivity index (χ3n) is 3.30. The summed E-state index contributed by atoms with van der Waals surface area (Å²) >= 11 is 7.31. The third kappa shape index (κ3) is 3.71. The van der Waals surface area contributed by atoms with E-state index in [-0.39, 0.29) is 12.1 Å². The van der Waals surface area contributed by atoms with Gasteiger partial charge in [-0.05, 0) is 38.0 Å². The molecule has 0 atom stereocenters. The van der Waals surface area contributed by atoms with Crippen LogP contribution in [0, 0.1) is 13.8 Å². The Hall–Kier alpha value is -1.66. The van der Waals surface area contributed by atoms with E-state index >= 15 is 0 Å². The Labute approximate surface area is 130 Å². The lowest BCUT2D eigenvalue weighted by Gasteiger charge is -2.14. The number of aromatic nitrogens is 2. The van der Waals surface area contributed by atoms with Gasteiger partial charge in [0.25, 0.3) is 0 Å². The lowest BCUT2D eigenvalue weighted by molar-refractivity contribution is -0.136. The molecule has 0 bridgehead atoms. The van der Waals surface area contributed by atoms with Crippen molar-refractivity contribution in [1.82, 2.24) is 9.55 Å². The van der Waals surface area contributed by atoms with Gasteiger partial charge in [0, 0.05) is 22.7 Å². The van der Waals surface area contributed by atoms with E-state index in [1.807, 2.05) is 13.0 Å². The van der Waals surface area contributed by atoms with E-state index in [1.165, 1.54) is 11.3 Å². The van der Waals surface area contributed by atoms with Gasteiger partial charge in [-0.15, -0.1) is 11.3 Å². The Bertz CT molecular complexity index is 736. The second kappa shape index (κ2) is 6.41. The molecule has 0 aromatic carbocycles. The second-order valence-corrected chi connectivity index (χ2v) is 6.53. The van der Waals surface area contributed by atoms with Crippen molar-refractivity contribution in [3.8, 4) is 0 Å². The molecule has 1 N–H and O–H groups in total. The van der Waals surface area contributed by atoms with E-state index in [9.17, 15) is 9.59 Å². The van der Waals surface area contributed by atoms with Gasteiger partial charge in [-0.3, -0.25) is 9.36 Å². The Morgan fingerprint density at radius 1 is 1.43 bits per heavy atom. The van der Waals surface area contributed by atoms with Crippen LogP contribution in [-0.2, 0) is 17.8 Å². The number of halogens is 1. The number of hydrogen-bond donors (Lipinski definition) is 1. The topological polar surface area (TPSA) is 72.2 Å². The number of carbonyl (C=O) groups is 1. The number of carboxylic acid groups (broad SMARTS) is 1. The molecule has 21 heavy (non-hydrogen) atoms. The second-order valence-electron chi connectivity index (χ2n) is 4.73. The van der Waals surface area contributed by atoms with Crippen LogP contribution in [-0.4, -0.2) is 20.6 Å². The highest BCUT2D eigenvalue weighted by atomic mass is 35.5. The quantitative estimate of drug-likeness (QED) is 0.916. The highest BCUT2D eigenvalue weighted by molar-refractivity contribution is 7.16. The van der Waals surface area contributed by atoms with E-state index in [1.54, 1.807) is 17.6 Å². The summed E-state index contributed by atoms with van der Waals surface area (Å²) in [7, 11) is 0. The zero-order valence-corrected chi connectivity index (χ0v) is 13.3. The van der Waals surface area contributed by atoms with Crippen LogP contribution >= 0.6 is 22.9 Å². The minimum Gasteiger partial charge on any atom is -0.481 e. The maximum atomic E-state index is 12.1. The molecule has 2 aromatic heterocycles. The predicted octanol–water partition coefficient (Wildman–Crippen LogP) is 2.64. The molecule has 0 unspecified atom stereocenters. The van der Waals surface area contributed by atoms with Crippen molar-refractivity contribution in [2.45, 2.75) is 33.2 Å². The van der Waals surface area contributed by atoms with Crippen LogP contribution in [0.5, 0.6) is 0 Å². The zero-order valence-electron chi connectivity index (χ0n) is 11.7. The van der Waals surface area contributed by atoms with Crippen molar-refractivity contribution in [1.29, 1.82) is 0 Å². The van der Waals surface area contributed by atoms with E-state index in [0.717, 1.165) is 16.1 Å². The standard InChI is InChI=1S/C14H15ClN2O3S/c1-8-11(4-6-13(18)19)9(2)17(14(20)16-8)7-10-3-5-12(15)21-10/h3,5H,4,6-7H2,1-2H3,(H,18,19). The van der Waals surface area contributed by atoms with Gasteiger partial charge in [0.2, 0.25) is 0 Å². The van der Waals surface area contributed by atoms with Gasteiger partial charge in [0.05, 0.1) is 10.9 Å². The fourth-order valence-corrected chi connectivity index (χ4v) is 3.29. The fourth-order valence-electron chi connectivity index (χ4n) is 2.21. The van der Waals surface area contributed by atoms with Gasteiger partial charge >= 0.3 is 11.7 Å². The van der Waals surface area contributed by atoms with Gasteiger partial charge in [-0.2, -0.15) is 4.98 Å². The van der Waals surface area contributed by atoms with Crippen LogP contribution in [0.2, 0.25) is 4.34 Å². The van der Waals surface area contributed by atoms with E-state index in [2.05, 4.69) is 4.98 Å². The van der Waals surface area contributed by atoms with E-state index < -0.39 is 5.97 Å². The Morgan fingerprint density at radius 3 is 2.71 bits per heavy atom. The molecule has 0 aliphatic rings. The van der Waals surface area contributed by atoms with Crippen molar-refractivity contribution < 1.29 is 9.90 Å². The summed E-state index contributed by atoms with van der Waals surface area (Å²) in [4.78, 5) is 27.8. The molecule has 0 saturated carbocycles. The molecule has 0 saturated heterocycles. The summed E-state index contributed by atoms with van der Waals surface area (Å²) in [6.45, 7) is 3.95. The van der Waals surface area contributed by atoms with Crippen LogP contribution in [0.3, 0.4) is 0 Å². The van der Waals surface area contributed by atoms with Gasteiger partial charge < -0.3 is 5.11 Å². The zero-order chi connectivity index (χ0) is 15.6. The molecule has 5 nitrogen and oxygen atoms in total. The first kappa shape index (κ1) is 15.7. The van der Waals surface area contributed by atoms with E-state index in [4.69, 9.17) is 16.7 Å². The molecule has 0 aliphatic heterocycles. The molecule has 0 amide bonds. The molecule has 0 radical (unpaired) electrons. The normalized spacial score (nSPS) is 10.8. The molecule has 0 fully saturated rings. The van der Waals surface area contributed by atoms with Crippen LogP contribution in [0.15, 0.2) is 16.9 Å². The van der Waals surface area contributed by atoms with Crippen molar-refractivity contribution in [2.75, 3.05) is 0 Å². The summed E-state index contributed by atoms with van der Waals surface area (Å²) in [6, 6.07) is 3.66. The van der Waals surface area contributed by atoms with Crippen molar-refractivity contribution in [3.05, 3.63) is 48.8 Å². The minimum atomic E-state index is -0.864. The lowest BCUT2D eigenvalue weighted by atomic mass is 10.1. The third-order valence-corrected chi connectivity index (χ3v) is 4.52. The summed E-state index contributed by atoms with van der Waals surface area (Å²) in [5, 5.41) is 8.82. The summed E-state index contributed by atoms with van der Waals surface area (Å²) in [5.74, 6) is -0.864. The molecular formula is C14H15ClN2O3S. The molecule has 112 valence electrons. The van der Waals surface area contributed by atoms with Crippen LogP contribution < -0.4 is 5.69 Å². The first-order chi connectivity index (χ1) is 9.88. The smallest absolute Gasteiger partial charge is 0.348 e. The Kier molecular flexibility index (Phi) is 4.80. The molecule has 2 heterocycles. The largest absolute Gasteiger partial charge is 0.481 e. The molecule has 2 aromatic rings. The van der Waals surface area contributed by atoms with Gasteiger partial charge in [-0.25, -0.2) is 4.79 Å². The summed E-state index contributed by atoms with van der Waals surface area (Å²) in [5.41, 5.74) is 1.85. The predicted molar refractivity (Wildman–Crippen MR) is 82.4 cm³/mol. The first-order valence-corrected chi connectivity index (χ1v) is 7.61. The molecule has 0 spiro atoms. The number of hydrogen-bond acceptors (Lipinski definition) is 4. The average Bonchev–Trinajstić information content (AvgIpc) is 2.79. The van der Waals surface area contributed by atoms with Crippen molar-refractivity contribution in [3.63, 3.8) is 0 Å². The van der Waals surface area contributed by atoms with E-state index in [0.29, 0.717) is 23.0 Å². The molecular weight excluding hydrogens is 312 g/mol. The minimum absolute atomic E-state index is 0.0202. The number of carboxylic acids is 1. The monoisotopic (exact) mass is 326 g/mol. The van der Waals surface area contributed by atoms with Crippen molar-refractivity contribution >= 4 is 28.9 Å². The molecule has 0 aliphatic carbocycles. The summed E-state index contributed by atoms with van der Waals surface area (Å²) < 4.78 is 2.23. The number of nitrogens with zero attached hydrogens (tertiary/aromatic N) is 2. The number of aliphatic carboxylic acids is 1. The number of thiophene rings is 1. The van der Waals surface area contributed by atoms with Crippen molar-refractivity contribution in [2.24, 2.45) is 0 Å². The fraction of sp³-hybridized carbons (Fsp3) is 0.357. The Morgan fingerprint density at radius 2 is 2.14 bits per heavy atom. The van der Waals surface area contributed by atoms with Gasteiger partial charge in [0.1, 0.15) is 0 Å². The number of aryl methyl sites for hydroxylation is 1. The van der Waals surface area contributed by atoms with Crippen LogP contribution in [0.25, 0.3) is 0 Å². The van der Waals surface area contributed by atoms with Crippen LogP contribution in [0.1, 0.15) is 28.2 Å². The SMILES string of the molecule is Cc1nc(=O)n(Cc2ccc(Cl)s2)c(C)c1CCC(=O)O. The molecule has 7 heteroatoms. The average molecular weight is 327 g/mol. The van der Waals surface area contributed by atoms with Gasteiger partial charge in [0.15, 0.2) is 0 Å². The first-order valence-electron chi connectivity index (χ1n) is 6.41. The maximum absolute atomic E-state index is 12.1. The highest BCUT2D eigenvalue weighted by Crippen LogP contribution is 2.22. The number of rotatable bonds is 5. The Balaban J connectivity index is 2.38. The highest BCUT2D eigenvalue weighted by Gasteiger charge is 2.13. The van der Waals surface area contributed by atoms with Crippen LogP contribution in [0.4, 0.5) is 0 Å². The molecule has 2 rings (SSSR count). The summed E-state index contributed by atoms with van der Waals surface area (Å²) in [6.07, 6.45) is 0.387. The van der Waals surface area contributed by atoms with Gasteiger partial charge in [-0.1, -0.05) is 11.6 Å². The maximum Gasteiger partial charge on any atom is 0.348 e.